The van der Waals surface area contributed by atoms with Crippen LogP contribution >= 0.6 is 0 Å². The smallest absolute Gasteiger partial charge is 0.147 e. The quantitative estimate of drug-likeness (QED) is 0.511. The van der Waals surface area contributed by atoms with Crippen LogP contribution in [0.2, 0.25) is 0 Å². The average molecular weight is 200 g/mol. The number of ether oxygens (including phenoxy) is 2. The summed E-state index contributed by atoms with van der Waals surface area (Å²) in [5.41, 5.74) is 0. The van der Waals surface area contributed by atoms with Gasteiger partial charge in [0.1, 0.15) is 6.79 Å². The van der Waals surface area contributed by atoms with Crippen molar-refractivity contribution in [1.82, 2.24) is 0 Å². The van der Waals surface area contributed by atoms with Gasteiger partial charge in [-0.05, 0) is 19.8 Å². The molecule has 0 aliphatic heterocycles. The predicted molar refractivity (Wildman–Crippen MR) is 58.3 cm³/mol. The molecule has 0 bridgehead atoms. The lowest BCUT2D eigenvalue weighted by Gasteiger charge is -2.16. The Labute approximate surface area is 88.0 Å². The van der Waals surface area contributed by atoms with Crippen LogP contribution in [0, 0.1) is 0 Å². The fourth-order valence-electron chi connectivity index (χ4n) is 1.99. The Morgan fingerprint density at radius 1 is 0.929 bits per heavy atom. The molecule has 84 valence electrons. The molecule has 0 aromatic heterocycles. The van der Waals surface area contributed by atoms with Crippen molar-refractivity contribution in [3.8, 4) is 0 Å². The minimum atomic E-state index is 0.458. The summed E-state index contributed by atoms with van der Waals surface area (Å²) in [6.07, 6.45) is 11.2. The lowest BCUT2D eigenvalue weighted by molar-refractivity contribution is -0.0909. The van der Waals surface area contributed by atoms with E-state index in [1.807, 2.05) is 6.92 Å². The third kappa shape index (κ3) is 5.61. The van der Waals surface area contributed by atoms with Gasteiger partial charge in [-0.1, -0.05) is 38.5 Å². The fraction of sp³-hybridized carbons (Fsp3) is 1.00. The first-order valence-electron chi connectivity index (χ1n) is 6.13. The van der Waals surface area contributed by atoms with Crippen LogP contribution in [0.3, 0.4) is 0 Å². The van der Waals surface area contributed by atoms with Gasteiger partial charge in [0.15, 0.2) is 0 Å². The second-order valence-corrected chi connectivity index (χ2v) is 4.10. The summed E-state index contributed by atoms with van der Waals surface area (Å²) in [4.78, 5) is 0. The van der Waals surface area contributed by atoms with Crippen LogP contribution in [0.25, 0.3) is 0 Å². The summed E-state index contributed by atoms with van der Waals surface area (Å²) < 4.78 is 10.9. The minimum absolute atomic E-state index is 0.458. The maximum absolute atomic E-state index is 5.69. The van der Waals surface area contributed by atoms with Crippen LogP contribution in [0.4, 0.5) is 0 Å². The van der Waals surface area contributed by atoms with Crippen molar-refractivity contribution in [3.63, 3.8) is 0 Å². The molecule has 0 atom stereocenters. The van der Waals surface area contributed by atoms with Crippen molar-refractivity contribution >= 4 is 0 Å². The largest absolute Gasteiger partial charge is 0.356 e. The van der Waals surface area contributed by atoms with E-state index in [4.69, 9.17) is 9.47 Å². The third-order valence-electron chi connectivity index (χ3n) is 2.89. The van der Waals surface area contributed by atoms with Crippen molar-refractivity contribution in [2.45, 2.75) is 64.4 Å². The molecule has 0 aromatic rings. The van der Waals surface area contributed by atoms with E-state index in [-0.39, 0.29) is 0 Å². The first-order valence-corrected chi connectivity index (χ1v) is 6.13. The summed E-state index contributed by atoms with van der Waals surface area (Å²) >= 11 is 0. The van der Waals surface area contributed by atoms with E-state index in [0.717, 1.165) is 6.61 Å². The maximum Gasteiger partial charge on any atom is 0.147 e. The Hall–Kier alpha value is -0.0800. The molecule has 14 heavy (non-hydrogen) atoms. The van der Waals surface area contributed by atoms with Crippen LogP contribution in [0.5, 0.6) is 0 Å². The van der Waals surface area contributed by atoms with Crippen molar-refractivity contribution in [2.24, 2.45) is 0 Å². The molecule has 1 fully saturated rings. The summed E-state index contributed by atoms with van der Waals surface area (Å²) in [5.74, 6) is 0. The van der Waals surface area contributed by atoms with Gasteiger partial charge in [-0.15, -0.1) is 0 Å². The average Bonchev–Trinajstić information content (AvgIpc) is 2.32. The molecule has 1 saturated carbocycles. The van der Waals surface area contributed by atoms with Gasteiger partial charge in [-0.2, -0.15) is 0 Å². The molecule has 2 nitrogen and oxygen atoms in total. The van der Waals surface area contributed by atoms with E-state index >= 15 is 0 Å². The number of hydrogen-bond acceptors (Lipinski definition) is 2. The zero-order valence-corrected chi connectivity index (χ0v) is 9.46. The van der Waals surface area contributed by atoms with E-state index < -0.39 is 0 Å². The highest BCUT2D eigenvalue weighted by Crippen LogP contribution is 2.18. The Kier molecular flexibility index (Phi) is 7.06. The molecule has 0 saturated heterocycles. The number of hydrogen-bond donors (Lipinski definition) is 0. The molecule has 1 rings (SSSR count). The standard InChI is InChI=1S/C12H24O2/c1-2-13-11-14-12-9-7-5-3-4-6-8-10-12/h12H,2-11H2,1H3. The van der Waals surface area contributed by atoms with Gasteiger partial charge in [0.05, 0.1) is 6.10 Å². The van der Waals surface area contributed by atoms with Gasteiger partial charge in [0.25, 0.3) is 0 Å². The van der Waals surface area contributed by atoms with Crippen LogP contribution in [0.1, 0.15) is 58.3 Å². The topological polar surface area (TPSA) is 18.5 Å². The molecule has 0 N–H and O–H groups in total. The minimum Gasteiger partial charge on any atom is -0.356 e. The van der Waals surface area contributed by atoms with Crippen molar-refractivity contribution in [3.05, 3.63) is 0 Å². The van der Waals surface area contributed by atoms with Crippen molar-refractivity contribution in [1.29, 1.82) is 0 Å². The van der Waals surface area contributed by atoms with E-state index in [0.29, 0.717) is 12.9 Å². The Morgan fingerprint density at radius 2 is 1.50 bits per heavy atom. The first-order chi connectivity index (χ1) is 6.93. The molecular weight excluding hydrogens is 176 g/mol. The highest BCUT2D eigenvalue weighted by Gasteiger charge is 2.10. The van der Waals surface area contributed by atoms with Crippen LogP contribution < -0.4 is 0 Å². The molecule has 0 spiro atoms. The predicted octanol–water partition coefficient (Wildman–Crippen LogP) is 3.50. The van der Waals surface area contributed by atoms with E-state index in [9.17, 15) is 0 Å². The second-order valence-electron chi connectivity index (χ2n) is 4.10. The second kappa shape index (κ2) is 8.25. The molecule has 0 unspecified atom stereocenters. The first kappa shape index (κ1) is 12.0. The van der Waals surface area contributed by atoms with Gasteiger partial charge >= 0.3 is 0 Å². The van der Waals surface area contributed by atoms with Gasteiger partial charge in [-0.25, -0.2) is 0 Å². The SMILES string of the molecule is CCOCOC1CCCCCCCC1. The van der Waals surface area contributed by atoms with Gasteiger partial charge in [0.2, 0.25) is 0 Å². The van der Waals surface area contributed by atoms with Gasteiger partial charge < -0.3 is 9.47 Å². The molecule has 0 radical (unpaired) electrons. The Balaban J connectivity index is 2.12. The third-order valence-corrected chi connectivity index (χ3v) is 2.89. The zero-order chi connectivity index (χ0) is 10.1. The van der Waals surface area contributed by atoms with Crippen LogP contribution in [-0.4, -0.2) is 19.5 Å². The van der Waals surface area contributed by atoms with Crippen LogP contribution in [0.15, 0.2) is 0 Å². The summed E-state index contributed by atoms with van der Waals surface area (Å²) in [7, 11) is 0. The van der Waals surface area contributed by atoms with Crippen molar-refractivity contribution in [2.75, 3.05) is 13.4 Å². The van der Waals surface area contributed by atoms with E-state index in [2.05, 4.69) is 0 Å². The molecule has 1 aliphatic rings. The summed E-state index contributed by atoms with van der Waals surface area (Å²) in [6, 6.07) is 0. The fourth-order valence-corrected chi connectivity index (χ4v) is 1.99. The molecule has 1 aliphatic carbocycles. The summed E-state index contributed by atoms with van der Waals surface area (Å²) in [5, 5.41) is 0. The lowest BCUT2D eigenvalue weighted by Crippen LogP contribution is -2.15. The highest BCUT2D eigenvalue weighted by molar-refractivity contribution is 4.61. The number of rotatable bonds is 4. The van der Waals surface area contributed by atoms with Gasteiger partial charge in [0, 0.05) is 6.61 Å². The molecule has 0 amide bonds. The Morgan fingerprint density at radius 3 is 2.07 bits per heavy atom. The lowest BCUT2D eigenvalue weighted by atomic mass is 10.1. The summed E-state index contributed by atoms with van der Waals surface area (Å²) in [6.45, 7) is 3.25. The highest BCUT2D eigenvalue weighted by atomic mass is 16.7. The van der Waals surface area contributed by atoms with Crippen molar-refractivity contribution < 1.29 is 9.47 Å². The Bertz CT molecular complexity index is 115. The maximum atomic E-state index is 5.69. The molecular formula is C12H24O2. The van der Waals surface area contributed by atoms with Gasteiger partial charge in [-0.3, -0.25) is 0 Å². The van der Waals surface area contributed by atoms with E-state index in [1.54, 1.807) is 0 Å². The zero-order valence-electron chi connectivity index (χ0n) is 9.46. The molecule has 2 heteroatoms. The van der Waals surface area contributed by atoms with Crippen LogP contribution in [-0.2, 0) is 9.47 Å². The monoisotopic (exact) mass is 200 g/mol. The molecule has 0 heterocycles. The normalized spacial score (nSPS) is 21.2. The van der Waals surface area contributed by atoms with E-state index in [1.165, 1.54) is 51.4 Å². The molecule has 0 aromatic carbocycles.